The Labute approximate surface area is 195 Å². The number of hydrogen-bond acceptors (Lipinski definition) is 4. The summed E-state index contributed by atoms with van der Waals surface area (Å²) in [5.41, 5.74) is 3.18. The van der Waals surface area contributed by atoms with Gasteiger partial charge in [0.2, 0.25) is 0 Å². The number of ether oxygens (including phenoxy) is 2. The molecule has 0 fully saturated rings. The molecule has 0 spiro atoms. The Morgan fingerprint density at radius 1 is 0.758 bits per heavy atom. The van der Waals surface area contributed by atoms with Crippen molar-refractivity contribution in [1.29, 1.82) is 0 Å². The number of phenolic OH excluding ortho intramolecular Hbond substituents is 2. The van der Waals surface area contributed by atoms with E-state index in [1.165, 1.54) is 5.56 Å². The van der Waals surface area contributed by atoms with Gasteiger partial charge in [-0.15, -0.1) is 0 Å². The number of hydrogen-bond donors (Lipinski definition) is 2. The normalized spacial score (nSPS) is 12.0. The van der Waals surface area contributed by atoms with E-state index in [9.17, 15) is 10.2 Å². The van der Waals surface area contributed by atoms with Gasteiger partial charge in [-0.25, -0.2) is 0 Å². The first kappa shape index (κ1) is 23.1. The fourth-order valence-corrected chi connectivity index (χ4v) is 4.25. The Balaban J connectivity index is 1.90. The summed E-state index contributed by atoms with van der Waals surface area (Å²) in [6.07, 6.45) is 0. The van der Waals surface area contributed by atoms with Crippen LogP contribution in [-0.2, 0) is 21.5 Å². The summed E-state index contributed by atoms with van der Waals surface area (Å²) in [5, 5.41) is 26.2. The van der Waals surface area contributed by atoms with Crippen molar-refractivity contribution >= 4 is 21.5 Å². The van der Waals surface area contributed by atoms with E-state index >= 15 is 0 Å². The van der Waals surface area contributed by atoms with Gasteiger partial charge in [0.25, 0.3) is 0 Å². The predicted octanol–water partition coefficient (Wildman–Crippen LogP) is 6.92. The number of benzene rings is 4. The van der Waals surface area contributed by atoms with E-state index in [0.717, 1.165) is 21.5 Å². The lowest BCUT2D eigenvalue weighted by atomic mass is 9.84. The van der Waals surface area contributed by atoms with Crippen LogP contribution in [0.4, 0.5) is 0 Å². The molecule has 2 N–H and O–H groups in total. The molecule has 0 aliphatic heterocycles. The van der Waals surface area contributed by atoms with Crippen LogP contribution in [0.1, 0.15) is 38.8 Å². The molecule has 4 rings (SSSR count). The molecule has 0 aliphatic carbocycles. The minimum absolute atomic E-state index is 0.0137. The minimum atomic E-state index is 0.0137. The average Bonchev–Trinajstić information content (AvgIpc) is 2.79. The quantitative estimate of drug-likeness (QED) is 0.304. The van der Waals surface area contributed by atoms with Crippen molar-refractivity contribution in [3.05, 3.63) is 71.8 Å². The van der Waals surface area contributed by atoms with Crippen LogP contribution >= 0.6 is 0 Å². The van der Waals surface area contributed by atoms with Crippen LogP contribution < -0.4 is 0 Å². The lowest BCUT2D eigenvalue weighted by Crippen LogP contribution is -2.10. The molecule has 0 atom stereocenters. The second kappa shape index (κ2) is 9.42. The fraction of sp³-hybridized carbons (Fsp3) is 0.310. The van der Waals surface area contributed by atoms with Crippen LogP contribution in [0.3, 0.4) is 0 Å². The van der Waals surface area contributed by atoms with Crippen molar-refractivity contribution in [2.45, 2.75) is 39.7 Å². The van der Waals surface area contributed by atoms with Crippen molar-refractivity contribution in [2.24, 2.45) is 0 Å². The van der Waals surface area contributed by atoms with Gasteiger partial charge in [-0.05, 0) is 51.6 Å². The summed E-state index contributed by atoms with van der Waals surface area (Å²) in [6.45, 7) is 10.4. The molecule has 172 valence electrons. The van der Waals surface area contributed by atoms with E-state index in [1.54, 1.807) is 6.07 Å². The summed E-state index contributed by atoms with van der Waals surface area (Å²) in [6, 6.07) is 19.8. The van der Waals surface area contributed by atoms with E-state index in [1.807, 2.05) is 49.4 Å². The Hall–Kier alpha value is -3.08. The second-order valence-corrected chi connectivity index (χ2v) is 9.38. The highest BCUT2D eigenvalue weighted by atomic mass is 16.5. The average molecular weight is 445 g/mol. The zero-order chi connectivity index (χ0) is 23.6. The monoisotopic (exact) mass is 444 g/mol. The van der Waals surface area contributed by atoms with E-state index in [2.05, 4.69) is 32.9 Å². The lowest BCUT2D eigenvalue weighted by molar-refractivity contribution is 0.0447. The molecule has 4 aromatic carbocycles. The van der Waals surface area contributed by atoms with Crippen LogP contribution in [0.15, 0.2) is 60.7 Å². The SMILES string of the molecule is CCOCCOCc1cc2ccccc2c(-c2c(O)ccc3cc(C(C)(C)C)ccc23)c1O. The molecule has 33 heavy (non-hydrogen) atoms. The molecule has 0 unspecified atom stereocenters. The summed E-state index contributed by atoms with van der Waals surface area (Å²) >= 11 is 0. The van der Waals surface area contributed by atoms with Gasteiger partial charge < -0.3 is 19.7 Å². The van der Waals surface area contributed by atoms with Crippen LogP contribution in [0.5, 0.6) is 11.5 Å². The van der Waals surface area contributed by atoms with Crippen molar-refractivity contribution in [2.75, 3.05) is 19.8 Å². The molecule has 0 aliphatic rings. The van der Waals surface area contributed by atoms with Crippen LogP contribution in [0, 0.1) is 0 Å². The summed E-state index contributed by atoms with van der Waals surface area (Å²) in [4.78, 5) is 0. The first-order valence-corrected chi connectivity index (χ1v) is 11.5. The molecule has 0 radical (unpaired) electrons. The van der Waals surface area contributed by atoms with Gasteiger partial charge in [0.15, 0.2) is 0 Å². The van der Waals surface area contributed by atoms with E-state index in [0.29, 0.717) is 36.5 Å². The third-order valence-electron chi connectivity index (χ3n) is 6.05. The van der Waals surface area contributed by atoms with E-state index in [-0.39, 0.29) is 23.5 Å². The topological polar surface area (TPSA) is 58.9 Å². The second-order valence-electron chi connectivity index (χ2n) is 9.38. The number of phenols is 2. The maximum Gasteiger partial charge on any atom is 0.129 e. The Bertz CT molecular complexity index is 1280. The highest BCUT2D eigenvalue weighted by Gasteiger charge is 2.21. The standard InChI is InChI=1S/C29H32O4/c1-5-32-14-15-33-18-21-16-19-8-6-7-9-23(19)27(28(21)31)26-24-12-11-22(29(2,3)4)17-20(24)10-13-25(26)30/h6-13,16-17,30-31H,5,14-15,18H2,1-4H3. The summed E-state index contributed by atoms with van der Waals surface area (Å²) in [5.74, 6) is 0.272. The van der Waals surface area contributed by atoms with E-state index < -0.39 is 0 Å². The van der Waals surface area contributed by atoms with Crippen molar-refractivity contribution in [3.63, 3.8) is 0 Å². The minimum Gasteiger partial charge on any atom is -0.507 e. The molecule has 0 bridgehead atoms. The maximum absolute atomic E-state index is 11.4. The molecule has 0 amide bonds. The van der Waals surface area contributed by atoms with Crippen LogP contribution in [0.2, 0.25) is 0 Å². The molecule has 4 aromatic rings. The summed E-state index contributed by atoms with van der Waals surface area (Å²) in [7, 11) is 0. The highest BCUT2D eigenvalue weighted by molar-refractivity contribution is 6.10. The van der Waals surface area contributed by atoms with Crippen molar-refractivity contribution < 1.29 is 19.7 Å². The van der Waals surface area contributed by atoms with Gasteiger partial charge in [0.1, 0.15) is 11.5 Å². The molecule has 0 saturated carbocycles. The first-order valence-electron chi connectivity index (χ1n) is 11.5. The predicted molar refractivity (Wildman–Crippen MR) is 135 cm³/mol. The molecular formula is C29H32O4. The Morgan fingerprint density at radius 3 is 2.21 bits per heavy atom. The molecule has 4 nitrogen and oxygen atoms in total. The Kier molecular flexibility index (Phi) is 6.59. The van der Waals surface area contributed by atoms with Crippen LogP contribution in [-0.4, -0.2) is 30.0 Å². The van der Waals surface area contributed by atoms with Gasteiger partial charge in [0, 0.05) is 23.3 Å². The van der Waals surface area contributed by atoms with Gasteiger partial charge in [0.05, 0.1) is 19.8 Å². The number of fused-ring (bicyclic) bond motifs is 2. The van der Waals surface area contributed by atoms with Gasteiger partial charge in [-0.2, -0.15) is 0 Å². The first-order chi connectivity index (χ1) is 15.8. The third kappa shape index (κ3) is 4.68. The molecule has 0 saturated heterocycles. The maximum atomic E-state index is 11.4. The molecule has 4 heteroatoms. The van der Waals surface area contributed by atoms with Crippen LogP contribution in [0.25, 0.3) is 32.7 Å². The van der Waals surface area contributed by atoms with Crippen molar-refractivity contribution in [3.8, 4) is 22.6 Å². The van der Waals surface area contributed by atoms with Gasteiger partial charge >= 0.3 is 0 Å². The molecule has 0 heterocycles. The Morgan fingerprint density at radius 2 is 1.45 bits per heavy atom. The smallest absolute Gasteiger partial charge is 0.129 e. The zero-order valence-electron chi connectivity index (χ0n) is 19.8. The van der Waals surface area contributed by atoms with Gasteiger partial charge in [-0.1, -0.05) is 69.3 Å². The fourth-order valence-electron chi connectivity index (χ4n) is 4.25. The molecule has 0 aromatic heterocycles. The van der Waals surface area contributed by atoms with Gasteiger partial charge in [-0.3, -0.25) is 0 Å². The number of rotatable bonds is 7. The lowest BCUT2D eigenvalue weighted by Gasteiger charge is -2.21. The van der Waals surface area contributed by atoms with E-state index in [4.69, 9.17) is 9.47 Å². The summed E-state index contributed by atoms with van der Waals surface area (Å²) < 4.78 is 11.1. The largest absolute Gasteiger partial charge is 0.507 e. The zero-order valence-corrected chi connectivity index (χ0v) is 19.8. The highest BCUT2D eigenvalue weighted by Crippen LogP contribution is 2.46. The molecular weight excluding hydrogens is 412 g/mol. The number of aromatic hydroxyl groups is 2. The van der Waals surface area contributed by atoms with Crippen molar-refractivity contribution in [1.82, 2.24) is 0 Å². The third-order valence-corrected chi connectivity index (χ3v) is 6.05.